The van der Waals surface area contributed by atoms with Gasteiger partial charge in [-0.3, -0.25) is 9.59 Å². The molecule has 19 heavy (non-hydrogen) atoms. The van der Waals surface area contributed by atoms with Crippen LogP contribution in [0.15, 0.2) is 0 Å². The number of carbonyl (C=O) groups is 2. The Labute approximate surface area is 117 Å². The van der Waals surface area contributed by atoms with Crippen LogP contribution in [0.25, 0.3) is 0 Å². The maximum atomic E-state index is 12.2. The van der Waals surface area contributed by atoms with Crippen molar-refractivity contribution in [3.63, 3.8) is 0 Å². The van der Waals surface area contributed by atoms with Crippen LogP contribution in [0, 0.1) is 5.41 Å². The van der Waals surface area contributed by atoms with Crippen LogP contribution in [-0.2, 0) is 9.59 Å². The van der Waals surface area contributed by atoms with E-state index in [-0.39, 0.29) is 24.3 Å². The second kappa shape index (κ2) is 9.82. The number of carboxylic acid groups (broad SMARTS) is 1. The van der Waals surface area contributed by atoms with Crippen LogP contribution in [0.1, 0.15) is 72.1 Å². The lowest BCUT2D eigenvalue weighted by atomic mass is 9.79. The zero-order valence-corrected chi connectivity index (χ0v) is 12.6. The standard InChI is InChI=1S/C15H29NO3/c1-4-6-8-11-15(3,10-7-5-2)14(19)16-12-9-13(17)18/h4-12H2,1-3H3,(H,16,19)(H,17,18). The molecule has 112 valence electrons. The van der Waals surface area contributed by atoms with Crippen molar-refractivity contribution in [2.45, 2.75) is 72.1 Å². The van der Waals surface area contributed by atoms with E-state index in [1.807, 2.05) is 6.92 Å². The van der Waals surface area contributed by atoms with E-state index in [0.29, 0.717) is 0 Å². The minimum absolute atomic E-state index is 0.00937. The SMILES string of the molecule is CCCCCC(C)(CCCC)C(=O)NCCC(=O)O. The predicted molar refractivity (Wildman–Crippen MR) is 77.0 cm³/mol. The molecule has 0 saturated heterocycles. The first kappa shape index (κ1) is 17.9. The maximum Gasteiger partial charge on any atom is 0.305 e. The quantitative estimate of drug-likeness (QED) is 0.566. The lowest BCUT2D eigenvalue weighted by Gasteiger charge is -2.28. The third-order valence-electron chi connectivity index (χ3n) is 3.59. The average molecular weight is 271 g/mol. The summed E-state index contributed by atoms with van der Waals surface area (Å²) in [5.74, 6) is -0.861. The Hall–Kier alpha value is -1.06. The molecule has 1 amide bonds. The van der Waals surface area contributed by atoms with Gasteiger partial charge in [-0.25, -0.2) is 0 Å². The fourth-order valence-corrected chi connectivity index (χ4v) is 2.18. The van der Waals surface area contributed by atoms with E-state index in [2.05, 4.69) is 19.2 Å². The number of nitrogens with one attached hydrogen (secondary N) is 1. The van der Waals surface area contributed by atoms with Gasteiger partial charge in [0.05, 0.1) is 6.42 Å². The van der Waals surface area contributed by atoms with Crippen LogP contribution in [0.3, 0.4) is 0 Å². The number of rotatable bonds is 11. The normalized spacial score (nSPS) is 13.8. The first-order valence-electron chi connectivity index (χ1n) is 7.46. The molecule has 0 bridgehead atoms. The third kappa shape index (κ3) is 7.85. The van der Waals surface area contributed by atoms with Crippen molar-refractivity contribution in [2.24, 2.45) is 5.41 Å². The molecule has 4 nitrogen and oxygen atoms in total. The summed E-state index contributed by atoms with van der Waals surface area (Å²) in [6, 6.07) is 0. The van der Waals surface area contributed by atoms with Crippen molar-refractivity contribution in [3.8, 4) is 0 Å². The molecule has 0 fully saturated rings. The van der Waals surface area contributed by atoms with Crippen LogP contribution >= 0.6 is 0 Å². The van der Waals surface area contributed by atoms with Gasteiger partial charge < -0.3 is 10.4 Å². The highest BCUT2D eigenvalue weighted by atomic mass is 16.4. The second-order valence-corrected chi connectivity index (χ2v) is 5.52. The summed E-state index contributed by atoms with van der Waals surface area (Å²) in [4.78, 5) is 22.7. The summed E-state index contributed by atoms with van der Waals surface area (Å²) in [7, 11) is 0. The topological polar surface area (TPSA) is 66.4 Å². The van der Waals surface area contributed by atoms with Crippen LogP contribution < -0.4 is 5.32 Å². The Morgan fingerprint density at radius 3 is 2.16 bits per heavy atom. The van der Waals surface area contributed by atoms with Gasteiger partial charge in [0, 0.05) is 12.0 Å². The second-order valence-electron chi connectivity index (χ2n) is 5.52. The molecule has 0 aromatic heterocycles. The molecule has 0 aromatic rings. The smallest absolute Gasteiger partial charge is 0.305 e. The van der Waals surface area contributed by atoms with Gasteiger partial charge in [0.1, 0.15) is 0 Å². The molecule has 0 aliphatic heterocycles. The van der Waals surface area contributed by atoms with Gasteiger partial charge in [-0.05, 0) is 12.8 Å². The molecule has 4 heteroatoms. The van der Waals surface area contributed by atoms with Gasteiger partial charge in [0.2, 0.25) is 5.91 Å². The van der Waals surface area contributed by atoms with Crippen molar-refractivity contribution >= 4 is 11.9 Å². The fraction of sp³-hybridized carbons (Fsp3) is 0.867. The van der Waals surface area contributed by atoms with Gasteiger partial charge in [0.25, 0.3) is 0 Å². The van der Waals surface area contributed by atoms with Crippen molar-refractivity contribution < 1.29 is 14.7 Å². The molecule has 1 unspecified atom stereocenters. The number of unbranched alkanes of at least 4 members (excludes halogenated alkanes) is 3. The molecule has 0 aliphatic carbocycles. The zero-order valence-electron chi connectivity index (χ0n) is 12.6. The zero-order chi connectivity index (χ0) is 14.7. The molecule has 1 atom stereocenters. The van der Waals surface area contributed by atoms with E-state index in [4.69, 9.17) is 5.11 Å². The molecule has 0 heterocycles. The molecule has 0 rings (SSSR count). The van der Waals surface area contributed by atoms with Crippen molar-refractivity contribution in [1.29, 1.82) is 0 Å². The number of hydrogen-bond acceptors (Lipinski definition) is 2. The van der Waals surface area contributed by atoms with E-state index in [1.165, 1.54) is 0 Å². The average Bonchev–Trinajstić information content (AvgIpc) is 2.36. The molecule has 0 spiro atoms. The lowest BCUT2D eigenvalue weighted by Crippen LogP contribution is -2.40. The van der Waals surface area contributed by atoms with Crippen molar-refractivity contribution in [1.82, 2.24) is 5.32 Å². The van der Waals surface area contributed by atoms with Gasteiger partial charge in [-0.15, -0.1) is 0 Å². The van der Waals surface area contributed by atoms with Gasteiger partial charge in [-0.1, -0.05) is 52.9 Å². The Balaban J connectivity index is 4.35. The third-order valence-corrected chi connectivity index (χ3v) is 3.59. The van der Waals surface area contributed by atoms with E-state index < -0.39 is 5.97 Å². The first-order chi connectivity index (χ1) is 8.96. The summed E-state index contributed by atoms with van der Waals surface area (Å²) in [5.41, 5.74) is -0.344. The first-order valence-corrected chi connectivity index (χ1v) is 7.46. The van der Waals surface area contributed by atoms with E-state index in [0.717, 1.165) is 44.9 Å². The summed E-state index contributed by atoms with van der Waals surface area (Å²) < 4.78 is 0. The minimum Gasteiger partial charge on any atom is -0.481 e. The Kier molecular flexibility index (Phi) is 9.27. The van der Waals surface area contributed by atoms with Crippen LogP contribution in [-0.4, -0.2) is 23.5 Å². The van der Waals surface area contributed by atoms with Gasteiger partial charge in [0.15, 0.2) is 0 Å². The molecule has 0 saturated carbocycles. The Bertz CT molecular complexity index is 279. The number of aliphatic carboxylic acids is 1. The highest BCUT2D eigenvalue weighted by Gasteiger charge is 2.31. The largest absolute Gasteiger partial charge is 0.481 e. The van der Waals surface area contributed by atoms with Crippen LogP contribution in [0.2, 0.25) is 0 Å². The molecule has 2 N–H and O–H groups in total. The monoisotopic (exact) mass is 271 g/mol. The Morgan fingerprint density at radius 2 is 1.63 bits per heavy atom. The summed E-state index contributed by atoms with van der Waals surface area (Å²) in [6.07, 6.45) is 7.22. The van der Waals surface area contributed by atoms with Crippen molar-refractivity contribution in [2.75, 3.05) is 6.54 Å². The number of amides is 1. The lowest BCUT2D eigenvalue weighted by molar-refractivity contribution is -0.137. The summed E-state index contributed by atoms with van der Waals surface area (Å²) in [6.45, 7) is 6.50. The van der Waals surface area contributed by atoms with Gasteiger partial charge >= 0.3 is 5.97 Å². The summed E-state index contributed by atoms with van der Waals surface area (Å²) in [5, 5.41) is 11.4. The van der Waals surface area contributed by atoms with Crippen LogP contribution in [0.4, 0.5) is 0 Å². The van der Waals surface area contributed by atoms with E-state index in [9.17, 15) is 9.59 Å². The minimum atomic E-state index is -0.874. The van der Waals surface area contributed by atoms with Crippen LogP contribution in [0.5, 0.6) is 0 Å². The molecule has 0 radical (unpaired) electrons. The van der Waals surface area contributed by atoms with E-state index >= 15 is 0 Å². The fourth-order valence-electron chi connectivity index (χ4n) is 2.18. The highest BCUT2D eigenvalue weighted by Crippen LogP contribution is 2.31. The number of carboxylic acids is 1. The summed E-state index contributed by atoms with van der Waals surface area (Å²) >= 11 is 0. The molecule has 0 aliphatic rings. The molecule has 0 aromatic carbocycles. The molecular weight excluding hydrogens is 242 g/mol. The number of carbonyl (C=O) groups excluding carboxylic acids is 1. The van der Waals surface area contributed by atoms with Crippen molar-refractivity contribution in [3.05, 3.63) is 0 Å². The Morgan fingerprint density at radius 1 is 1.05 bits per heavy atom. The van der Waals surface area contributed by atoms with Gasteiger partial charge in [-0.2, -0.15) is 0 Å². The van der Waals surface area contributed by atoms with E-state index in [1.54, 1.807) is 0 Å². The highest BCUT2D eigenvalue weighted by molar-refractivity contribution is 5.82. The maximum absolute atomic E-state index is 12.2. The molecular formula is C15H29NO3. The predicted octanol–water partition coefficient (Wildman–Crippen LogP) is 3.35. The number of hydrogen-bond donors (Lipinski definition) is 2.